The van der Waals surface area contributed by atoms with Crippen LogP contribution in [0.5, 0.6) is 0 Å². The van der Waals surface area contributed by atoms with Gasteiger partial charge in [-0.2, -0.15) is 0 Å². The molecule has 2 aliphatic heterocycles. The summed E-state index contributed by atoms with van der Waals surface area (Å²) < 4.78 is 17.0. The van der Waals surface area contributed by atoms with Crippen molar-refractivity contribution in [3.63, 3.8) is 0 Å². The average Bonchev–Trinajstić information content (AvgIpc) is 2.79. The van der Waals surface area contributed by atoms with Crippen LogP contribution in [0.4, 0.5) is 0 Å². The Morgan fingerprint density at radius 2 is 2.22 bits per heavy atom. The van der Waals surface area contributed by atoms with Crippen molar-refractivity contribution in [2.45, 2.75) is 51.3 Å². The molecule has 0 aromatic carbocycles. The Morgan fingerprint density at radius 3 is 2.94 bits per heavy atom. The van der Waals surface area contributed by atoms with Crippen LogP contribution in [0.15, 0.2) is 5.16 Å². The van der Waals surface area contributed by atoms with E-state index in [1.165, 1.54) is 6.92 Å². The summed E-state index contributed by atoms with van der Waals surface area (Å²) in [4.78, 5) is 16.3. The summed E-state index contributed by atoms with van der Waals surface area (Å²) in [5.74, 6) is -0.826. The smallest absolute Gasteiger partial charge is 0.302 e. The van der Waals surface area contributed by atoms with E-state index in [4.69, 9.17) is 19.0 Å². The number of rotatable bonds is 1. The zero-order chi connectivity index (χ0) is 12.9. The van der Waals surface area contributed by atoms with E-state index in [1.807, 2.05) is 13.8 Å². The number of ether oxygens (including phenoxy) is 3. The third-order valence-corrected chi connectivity index (χ3v) is 3.49. The van der Waals surface area contributed by atoms with Crippen molar-refractivity contribution in [2.24, 2.45) is 11.1 Å². The van der Waals surface area contributed by atoms with Gasteiger partial charge < -0.3 is 19.0 Å². The van der Waals surface area contributed by atoms with Gasteiger partial charge >= 0.3 is 5.97 Å². The van der Waals surface area contributed by atoms with Gasteiger partial charge in [-0.15, -0.1) is 0 Å². The van der Waals surface area contributed by atoms with Crippen molar-refractivity contribution in [1.82, 2.24) is 0 Å². The predicted molar refractivity (Wildman–Crippen MR) is 60.9 cm³/mol. The maximum Gasteiger partial charge on any atom is 0.302 e. The van der Waals surface area contributed by atoms with Gasteiger partial charge in [-0.05, 0) is 20.3 Å². The summed E-state index contributed by atoms with van der Waals surface area (Å²) in [6.45, 7) is 5.63. The number of nitrogens with zero attached hydrogens (tertiary/aromatic N) is 1. The van der Waals surface area contributed by atoms with Gasteiger partial charge in [0.25, 0.3) is 0 Å². The Balaban J connectivity index is 1.87. The first-order valence-electron chi connectivity index (χ1n) is 6.19. The quantitative estimate of drug-likeness (QED) is 0.650. The molecule has 0 bridgehead atoms. The van der Waals surface area contributed by atoms with Crippen LogP contribution in [0.1, 0.15) is 27.2 Å². The second-order valence-electron chi connectivity index (χ2n) is 5.41. The van der Waals surface area contributed by atoms with Gasteiger partial charge in [0, 0.05) is 12.8 Å². The summed E-state index contributed by atoms with van der Waals surface area (Å²) in [6.07, 6.45) is -0.176. The van der Waals surface area contributed by atoms with Gasteiger partial charge in [0.15, 0.2) is 5.79 Å². The Morgan fingerprint density at radius 1 is 1.44 bits per heavy atom. The molecule has 100 valence electrons. The number of carbonyl (C=O) groups is 1. The molecule has 6 nitrogen and oxygen atoms in total. The van der Waals surface area contributed by atoms with E-state index in [2.05, 4.69) is 5.16 Å². The van der Waals surface area contributed by atoms with Gasteiger partial charge in [0.05, 0.1) is 5.71 Å². The molecule has 0 radical (unpaired) electrons. The van der Waals surface area contributed by atoms with E-state index < -0.39 is 5.79 Å². The van der Waals surface area contributed by atoms with Crippen LogP contribution in [0.25, 0.3) is 0 Å². The van der Waals surface area contributed by atoms with E-state index in [1.54, 1.807) is 0 Å². The van der Waals surface area contributed by atoms with E-state index in [9.17, 15) is 4.79 Å². The summed E-state index contributed by atoms with van der Waals surface area (Å²) >= 11 is 0. The monoisotopic (exact) mass is 255 g/mol. The Hall–Kier alpha value is -1.14. The molecule has 0 spiro atoms. The Kier molecular flexibility index (Phi) is 2.60. The van der Waals surface area contributed by atoms with Crippen LogP contribution in [-0.4, -0.2) is 42.4 Å². The molecule has 0 unspecified atom stereocenters. The fraction of sp³-hybridized carbons (Fsp3) is 0.833. The molecule has 0 N–H and O–H groups in total. The molecule has 6 heteroatoms. The van der Waals surface area contributed by atoms with Crippen LogP contribution in [0.3, 0.4) is 0 Å². The van der Waals surface area contributed by atoms with Gasteiger partial charge in [-0.3, -0.25) is 4.79 Å². The molecule has 1 saturated heterocycles. The molecule has 1 aliphatic carbocycles. The van der Waals surface area contributed by atoms with Gasteiger partial charge in [0.2, 0.25) is 0 Å². The highest BCUT2D eigenvalue weighted by atomic mass is 16.8. The van der Waals surface area contributed by atoms with Gasteiger partial charge in [-0.1, -0.05) is 5.16 Å². The number of hydrogen-bond acceptors (Lipinski definition) is 6. The Labute approximate surface area is 105 Å². The maximum atomic E-state index is 11.2. The van der Waals surface area contributed by atoms with Crippen LogP contribution in [0.2, 0.25) is 0 Å². The normalized spacial score (nSPS) is 40.5. The summed E-state index contributed by atoms with van der Waals surface area (Å²) in [5, 5.41) is 4.05. The minimum atomic E-state index is -0.687. The lowest BCUT2D eigenvalue weighted by molar-refractivity contribution is -0.170. The van der Waals surface area contributed by atoms with Crippen molar-refractivity contribution in [2.75, 3.05) is 6.61 Å². The number of oxime groups is 1. The van der Waals surface area contributed by atoms with E-state index in [-0.39, 0.29) is 30.2 Å². The topological polar surface area (TPSA) is 66.4 Å². The van der Waals surface area contributed by atoms with E-state index >= 15 is 0 Å². The fourth-order valence-corrected chi connectivity index (χ4v) is 2.87. The third kappa shape index (κ3) is 1.89. The Bertz CT molecular complexity index is 405. The molecular formula is C12H17NO5. The van der Waals surface area contributed by atoms with Crippen molar-refractivity contribution in [3.05, 3.63) is 0 Å². The van der Waals surface area contributed by atoms with Crippen molar-refractivity contribution in [3.8, 4) is 0 Å². The minimum Gasteiger partial charge on any atom is -0.460 e. The van der Waals surface area contributed by atoms with Gasteiger partial charge in [0.1, 0.15) is 24.9 Å². The molecule has 3 rings (SSSR count). The van der Waals surface area contributed by atoms with Gasteiger partial charge in [-0.25, -0.2) is 0 Å². The van der Waals surface area contributed by atoms with Crippen LogP contribution >= 0.6 is 0 Å². The lowest BCUT2D eigenvalue weighted by Gasteiger charge is -2.33. The highest BCUT2D eigenvalue weighted by Crippen LogP contribution is 2.40. The zero-order valence-corrected chi connectivity index (χ0v) is 10.7. The van der Waals surface area contributed by atoms with Crippen LogP contribution in [0, 0.1) is 5.92 Å². The molecular weight excluding hydrogens is 238 g/mol. The molecule has 0 aromatic rings. The highest BCUT2D eigenvalue weighted by Gasteiger charge is 2.55. The van der Waals surface area contributed by atoms with Crippen LogP contribution < -0.4 is 0 Å². The summed E-state index contributed by atoms with van der Waals surface area (Å²) in [6, 6.07) is 0. The number of esters is 1. The molecule has 0 amide bonds. The van der Waals surface area contributed by atoms with E-state index in [0.717, 1.165) is 5.71 Å². The predicted octanol–water partition coefficient (Wildman–Crippen LogP) is 0.844. The van der Waals surface area contributed by atoms with E-state index in [0.29, 0.717) is 13.0 Å². The first-order valence-corrected chi connectivity index (χ1v) is 6.19. The molecule has 4 atom stereocenters. The second-order valence-corrected chi connectivity index (χ2v) is 5.41. The van der Waals surface area contributed by atoms with Crippen molar-refractivity contribution >= 4 is 11.7 Å². The second kappa shape index (κ2) is 3.93. The molecule has 2 heterocycles. The first-order chi connectivity index (χ1) is 8.46. The standard InChI is InChI=1S/C12H17NO5/c1-6(14)16-8-4-7-5-15-13-9(7)11-10(8)17-12(2,3)18-11/h7-8,10-11H,4-5H2,1-3H3/t7-,8-,10-,11+/m0/s1. The first kappa shape index (κ1) is 11.9. The number of carbonyl (C=O) groups excluding carboxylic acids is 1. The lowest BCUT2D eigenvalue weighted by Crippen LogP contribution is -2.50. The minimum absolute atomic E-state index is 0.160. The summed E-state index contributed by atoms with van der Waals surface area (Å²) in [5.41, 5.74) is 0.883. The molecule has 0 aromatic heterocycles. The highest BCUT2D eigenvalue weighted by molar-refractivity contribution is 5.93. The largest absolute Gasteiger partial charge is 0.460 e. The SMILES string of the molecule is CC(=O)O[C@H]1C[C@H]2CON=C2[C@H]2OC(C)(C)O[C@@H]12. The molecule has 2 fully saturated rings. The number of hydrogen-bond donors (Lipinski definition) is 0. The van der Waals surface area contributed by atoms with Crippen molar-refractivity contribution in [1.29, 1.82) is 0 Å². The van der Waals surface area contributed by atoms with Crippen molar-refractivity contribution < 1.29 is 23.8 Å². The molecule has 1 saturated carbocycles. The summed E-state index contributed by atoms with van der Waals surface area (Å²) in [7, 11) is 0. The molecule has 18 heavy (non-hydrogen) atoms. The van der Waals surface area contributed by atoms with Crippen LogP contribution in [-0.2, 0) is 23.8 Å². The fourth-order valence-electron chi connectivity index (χ4n) is 2.87. The zero-order valence-electron chi connectivity index (χ0n) is 10.7. The molecule has 3 aliphatic rings. The lowest BCUT2D eigenvalue weighted by atomic mass is 9.82. The maximum absolute atomic E-state index is 11.2. The average molecular weight is 255 g/mol. The third-order valence-electron chi connectivity index (χ3n) is 3.49. The number of fused-ring (bicyclic) bond motifs is 3.